The van der Waals surface area contributed by atoms with Crippen LogP contribution in [0, 0.1) is 13.8 Å². The average molecular weight is 396 g/mol. The number of ether oxygens (including phenoxy) is 2. The number of halogens is 3. The van der Waals surface area contributed by atoms with Gasteiger partial charge < -0.3 is 14.8 Å². The molecule has 0 radical (unpaired) electrons. The van der Waals surface area contributed by atoms with Crippen LogP contribution in [0.1, 0.15) is 24.0 Å². The highest BCUT2D eigenvalue weighted by Gasteiger charge is 2.34. The highest BCUT2D eigenvalue weighted by atomic mass is 35.6. The first-order valence-corrected chi connectivity index (χ1v) is 8.84. The van der Waals surface area contributed by atoms with Crippen LogP contribution in [0.2, 0.25) is 0 Å². The van der Waals surface area contributed by atoms with Crippen molar-refractivity contribution < 1.29 is 14.3 Å². The van der Waals surface area contributed by atoms with E-state index in [4.69, 9.17) is 44.3 Å². The van der Waals surface area contributed by atoms with Gasteiger partial charge in [0.1, 0.15) is 12.8 Å². The topological polar surface area (TPSA) is 59.6 Å². The summed E-state index contributed by atoms with van der Waals surface area (Å²) in [5, 5.41) is 5.55. The summed E-state index contributed by atoms with van der Waals surface area (Å²) >= 11 is 17.9. The number of carbonyl (C=O) groups excluding carboxylic acids is 1. The van der Waals surface area contributed by atoms with Gasteiger partial charge in [0.25, 0.3) is 0 Å². The van der Waals surface area contributed by atoms with E-state index in [-0.39, 0.29) is 12.7 Å². The maximum absolute atomic E-state index is 12.0. The van der Waals surface area contributed by atoms with Crippen molar-refractivity contribution in [2.24, 2.45) is 0 Å². The highest BCUT2D eigenvalue weighted by molar-refractivity contribution is 6.68. The normalized spacial score (nSPS) is 19.0. The minimum Gasteiger partial charge on any atom is -0.447 e. The summed E-state index contributed by atoms with van der Waals surface area (Å²) in [6.07, 6.45) is 0.178. The van der Waals surface area contributed by atoms with E-state index in [2.05, 4.69) is 10.6 Å². The number of hydrogen-bond acceptors (Lipinski definition) is 4. The quantitative estimate of drug-likeness (QED) is 0.576. The van der Waals surface area contributed by atoms with Gasteiger partial charge >= 0.3 is 6.09 Å². The van der Waals surface area contributed by atoms with Gasteiger partial charge in [-0.15, -0.1) is 0 Å². The van der Waals surface area contributed by atoms with Crippen LogP contribution >= 0.6 is 34.8 Å². The molecule has 1 saturated heterocycles. The number of alkyl halides is 3. The van der Waals surface area contributed by atoms with Gasteiger partial charge in [-0.2, -0.15) is 0 Å². The summed E-state index contributed by atoms with van der Waals surface area (Å²) < 4.78 is 8.79. The van der Waals surface area contributed by atoms with Gasteiger partial charge in [-0.05, 0) is 49.9 Å². The zero-order valence-electron chi connectivity index (χ0n) is 13.6. The number of aryl methyl sites for hydroxylation is 2. The molecule has 0 unspecified atom stereocenters. The summed E-state index contributed by atoms with van der Waals surface area (Å²) in [4.78, 5) is 12.0. The first-order chi connectivity index (χ1) is 11.3. The summed E-state index contributed by atoms with van der Waals surface area (Å²) in [6.45, 7) is 4.86. The van der Waals surface area contributed by atoms with Gasteiger partial charge in [-0.1, -0.05) is 40.9 Å². The van der Waals surface area contributed by atoms with Crippen molar-refractivity contribution in [1.82, 2.24) is 5.32 Å². The minimum atomic E-state index is -1.75. The van der Waals surface area contributed by atoms with Crippen molar-refractivity contribution in [2.75, 3.05) is 18.5 Å². The first kappa shape index (κ1) is 19.4. The molecule has 1 amide bonds. The van der Waals surface area contributed by atoms with Crippen molar-refractivity contribution in [2.45, 2.75) is 42.8 Å². The fourth-order valence-corrected chi connectivity index (χ4v) is 2.63. The second-order valence-corrected chi connectivity index (χ2v) is 8.16. The lowest BCUT2D eigenvalue weighted by molar-refractivity contribution is 0.0432. The molecule has 0 bridgehead atoms. The van der Waals surface area contributed by atoms with Crippen molar-refractivity contribution in [3.63, 3.8) is 0 Å². The summed E-state index contributed by atoms with van der Waals surface area (Å²) in [6, 6.07) is 5.71. The molecule has 2 rings (SSSR count). The second kappa shape index (κ2) is 8.48. The predicted molar refractivity (Wildman–Crippen MR) is 97.1 cm³/mol. The fourth-order valence-electron chi connectivity index (χ4n) is 2.30. The lowest BCUT2D eigenvalue weighted by Gasteiger charge is -2.27. The molecule has 1 heterocycles. The molecule has 2 N–H and O–H groups in total. The summed E-state index contributed by atoms with van der Waals surface area (Å²) in [5.74, 6) is 0. The van der Waals surface area contributed by atoms with E-state index >= 15 is 0 Å². The molecule has 134 valence electrons. The molecule has 0 aromatic heterocycles. The Morgan fingerprint density at radius 1 is 1.38 bits per heavy atom. The number of carbonyl (C=O) groups is 1. The third-order valence-corrected chi connectivity index (χ3v) is 4.49. The summed E-state index contributed by atoms with van der Waals surface area (Å²) in [5.41, 5.74) is 2.97. The molecular formula is C16H21Cl3N2O3. The number of amides is 1. The van der Waals surface area contributed by atoms with E-state index < -0.39 is 16.1 Å². The van der Waals surface area contributed by atoms with Crippen LogP contribution < -0.4 is 10.6 Å². The summed E-state index contributed by atoms with van der Waals surface area (Å²) in [7, 11) is 0. The average Bonchev–Trinajstić information content (AvgIpc) is 3.00. The van der Waals surface area contributed by atoms with E-state index in [1.807, 2.05) is 32.0 Å². The molecule has 1 aliphatic rings. The van der Waals surface area contributed by atoms with Crippen LogP contribution in [0.3, 0.4) is 0 Å². The van der Waals surface area contributed by atoms with Crippen LogP contribution in [0.4, 0.5) is 10.5 Å². The maximum Gasteiger partial charge on any atom is 0.408 e. The molecule has 1 aromatic carbocycles. The van der Waals surface area contributed by atoms with Gasteiger partial charge in [0.2, 0.25) is 3.79 Å². The molecule has 2 atom stereocenters. The molecule has 8 heteroatoms. The van der Waals surface area contributed by atoms with E-state index in [9.17, 15) is 4.79 Å². The molecule has 1 aliphatic heterocycles. The van der Waals surface area contributed by atoms with Crippen LogP contribution in [0.15, 0.2) is 18.2 Å². The smallest absolute Gasteiger partial charge is 0.408 e. The van der Waals surface area contributed by atoms with Crippen molar-refractivity contribution in [1.29, 1.82) is 0 Å². The monoisotopic (exact) mass is 394 g/mol. The molecule has 1 aromatic rings. The Labute approximate surface area is 156 Å². The number of anilines is 1. The third kappa shape index (κ3) is 5.88. The Bertz CT molecular complexity index is 572. The van der Waals surface area contributed by atoms with E-state index in [0.717, 1.165) is 29.7 Å². The number of alkyl carbamates (subject to hydrolysis) is 1. The van der Waals surface area contributed by atoms with Crippen LogP contribution in [-0.4, -0.2) is 35.4 Å². The first-order valence-electron chi connectivity index (χ1n) is 7.71. The van der Waals surface area contributed by atoms with E-state index in [0.29, 0.717) is 6.61 Å². The fraction of sp³-hybridized carbons (Fsp3) is 0.562. The number of benzene rings is 1. The number of hydrogen-bond donors (Lipinski definition) is 2. The maximum atomic E-state index is 12.0. The zero-order valence-corrected chi connectivity index (χ0v) is 15.8. The predicted octanol–water partition coefficient (Wildman–Crippen LogP) is 4.32. The molecule has 1 fully saturated rings. The molecule has 24 heavy (non-hydrogen) atoms. The zero-order chi connectivity index (χ0) is 17.7. The molecular weight excluding hydrogens is 375 g/mol. The lowest BCUT2D eigenvalue weighted by Crippen LogP contribution is -2.49. The Kier molecular flexibility index (Phi) is 6.87. The van der Waals surface area contributed by atoms with Crippen LogP contribution in [0.25, 0.3) is 0 Å². The van der Waals surface area contributed by atoms with Crippen molar-refractivity contribution in [3.8, 4) is 0 Å². The Morgan fingerprint density at radius 2 is 2.12 bits per heavy atom. The SMILES string of the molecule is Cc1ccc(N[C@H](NC(=O)OC[C@H]2CCCO2)C(Cl)(Cl)Cl)cc1C. The largest absolute Gasteiger partial charge is 0.447 e. The Hall–Kier alpha value is -0.880. The van der Waals surface area contributed by atoms with Gasteiger partial charge in [-0.3, -0.25) is 5.32 Å². The van der Waals surface area contributed by atoms with Crippen molar-refractivity contribution in [3.05, 3.63) is 29.3 Å². The molecule has 0 saturated carbocycles. The Morgan fingerprint density at radius 3 is 2.71 bits per heavy atom. The standard InChI is InChI=1S/C16H21Cl3N2O3/c1-10-5-6-12(8-11(10)2)20-14(16(17,18)19)21-15(22)24-9-13-4-3-7-23-13/h5-6,8,13-14,20H,3-4,7,9H2,1-2H3,(H,21,22)/t13-,14-/m1/s1. The van der Waals surface area contributed by atoms with Crippen LogP contribution in [-0.2, 0) is 9.47 Å². The van der Waals surface area contributed by atoms with Gasteiger partial charge in [0, 0.05) is 12.3 Å². The Balaban J connectivity index is 1.94. The number of nitrogens with one attached hydrogen (secondary N) is 2. The third-order valence-electron chi connectivity index (χ3n) is 3.83. The molecule has 0 spiro atoms. The van der Waals surface area contributed by atoms with Crippen molar-refractivity contribution >= 4 is 46.6 Å². The molecule has 5 nitrogen and oxygen atoms in total. The minimum absolute atomic E-state index is 0.0605. The van der Waals surface area contributed by atoms with Crippen LogP contribution in [0.5, 0.6) is 0 Å². The second-order valence-electron chi connectivity index (χ2n) is 5.80. The highest BCUT2D eigenvalue weighted by Crippen LogP contribution is 2.31. The number of rotatable bonds is 5. The van der Waals surface area contributed by atoms with Gasteiger partial charge in [0.05, 0.1) is 6.10 Å². The van der Waals surface area contributed by atoms with E-state index in [1.54, 1.807) is 0 Å². The molecule has 0 aliphatic carbocycles. The lowest BCUT2D eigenvalue weighted by atomic mass is 10.1. The van der Waals surface area contributed by atoms with Gasteiger partial charge in [0.15, 0.2) is 0 Å². The van der Waals surface area contributed by atoms with Gasteiger partial charge in [-0.25, -0.2) is 4.79 Å². The van der Waals surface area contributed by atoms with E-state index in [1.165, 1.54) is 0 Å².